The minimum absolute atomic E-state index is 0.0239. The van der Waals surface area contributed by atoms with Gasteiger partial charge in [0, 0.05) is 36.5 Å². The van der Waals surface area contributed by atoms with Crippen molar-refractivity contribution in [1.82, 2.24) is 14.9 Å². The molecule has 1 amide bonds. The summed E-state index contributed by atoms with van der Waals surface area (Å²) in [6.45, 7) is 1.45. The van der Waals surface area contributed by atoms with Gasteiger partial charge in [-0.2, -0.15) is 0 Å². The molecular weight excluding hydrogens is 314 g/mol. The first-order chi connectivity index (χ1) is 12.3. The second-order valence-electron chi connectivity index (χ2n) is 6.27. The molecule has 5 heteroatoms. The minimum Gasteiger partial charge on any atom is -0.472 e. The maximum absolute atomic E-state index is 12.6. The van der Waals surface area contributed by atoms with Crippen molar-refractivity contribution in [2.24, 2.45) is 0 Å². The molecule has 1 aliphatic rings. The zero-order chi connectivity index (χ0) is 17.1. The SMILES string of the molecule is O=C(c1ccoc1)N1CCC[C@@H](c2ccnc(-c3ccccc3)n2)C1. The van der Waals surface area contributed by atoms with Crippen LogP contribution in [-0.2, 0) is 0 Å². The third-order valence-corrected chi connectivity index (χ3v) is 4.60. The van der Waals surface area contributed by atoms with E-state index in [-0.39, 0.29) is 11.8 Å². The molecule has 0 radical (unpaired) electrons. The van der Waals surface area contributed by atoms with Gasteiger partial charge in [0.1, 0.15) is 6.26 Å². The van der Waals surface area contributed by atoms with Gasteiger partial charge in [0.05, 0.1) is 11.8 Å². The number of hydrogen-bond donors (Lipinski definition) is 0. The number of amides is 1. The maximum atomic E-state index is 12.6. The van der Waals surface area contributed by atoms with E-state index in [1.54, 1.807) is 6.07 Å². The summed E-state index contributed by atoms with van der Waals surface area (Å²) in [5, 5.41) is 0. The molecule has 3 aromatic rings. The predicted octanol–water partition coefficient (Wildman–Crippen LogP) is 3.76. The summed E-state index contributed by atoms with van der Waals surface area (Å²) in [5.74, 6) is 0.988. The van der Waals surface area contributed by atoms with Gasteiger partial charge in [-0.15, -0.1) is 0 Å². The average molecular weight is 333 g/mol. The highest BCUT2D eigenvalue weighted by atomic mass is 16.3. The van der Waals surface area contributed by atoms with Gasteiger partial charge in [-0.1, -0.05) is 30.3 Å². The Morgan fingerprint density at radius 1 is 1.16 bits per heavy atom. The smallest absolute Gasteiger partial charge is 0.257 e. The summed E-state index contributed by atoms with van der Waals surface area (Å²) in [6, 6.07) is 13.6. The molecule has 1 fully saturated rings. The first-order valence-corrected chi connectivity index (χ1v) is 8.51. The summed E-state index contributed by atoms with van der Waals surface area (Å²) in [4.78, 5) is 23.6. The third kappa shape index (κ3) is 3.31. The van der Waals surface area contributed by atoms with Crippen LogP contribution < -0.4 is 0 Å². The van der Waals surface area contributed by atoms with Gasteiger partial charge in [-0.25, -0.2) is 9.97 Å². The quantitative estimate of drug-likeness (QED) is 0.732. The highest BCUT2D eigenvalue weighted by molar-refractivity contribution is 5.93. The molecule has 1 saturated heterocycles. The highest BCUT2D eigenvalue weighted by Gasteiger charge is 2.27. The van der Waals surface area contributed by atoms with E-state index in [1.165, 1.54) is 12.5 Å². The number of hydrogen-bond acceptors (Lipinski definition) is 4. The zero-order valence-electron chi connectivity index (χ0n) is 13.8. The van der Waals surface area contributed by atoms with E-state index in [0.717, 1.165) is 36.5 Å². The van der Waals surface area contributed by atoms with Gasteiger partial charge in [0.2, 0.25) is 0 Å². The van der Waals surface area contributed by atoms with Crippen LogP contribution in [0.1, 0.15) is 34.8 Å². The van der Waals surface area contributed by atoms with Crippen molar-refractivity contribution in [1.29, 1.82) is 0 Å². The molecule has 4 rings (SSSR count). The van der Waals surface area contributed by atoms with E-state index in [0.29, 0.717) is 12.1 Å². The second-order valence-corrected chi connectivity index (χ2v) is 6.27. The molecule has 5 nitrogen and oxygen atoms in total. The normalized spacial score (nSPS) is 17.4. The standard InChI is InChI=1S/C20H19N3O2/c24-20(17-9-12-25-14-17)23-11-4-7-16(13-23)18-8-10-21-19(22-18)15-5-2-1-3-6-15/h1-3,5-6,8-10,12,14,16H,4,7,11,13H2/t16-/m1/s1. The number of carbonyl (C=O) groups excluding carboxylic acids is 1. The summed E-state index contributed by atoms with van der Waals surface area (Å²) in [5.41, 5.74) is 2.61. The summed E-state index contributed by atoms with van der Waals surface area (Å²) in [6.07, 6.45) is 6.84. The Morgan fingerprint density at radius 2 is 2.04 bits per heavy atom. The number of nitrogens with zero attached hydrogens (tertiary/aromatic N) is 3. The van der Waals surface area contributed by atoms with Crippen molar-refractivity contribution in [3.8, 4) is 11.4 Å². The summed E-state index contributed by atoms with van der Waals surface area (Å²) >= 11 is 0. The van der Waals surface area contributed by atoms with Crippen LogP contribution in [0.5, 0.6) is 0 Å². The van der Waals surface area contributed by atoms with E-state index in [4.69, 9.17) is 9.40 Å². The Bertz CT molecular complexity index is 846. The van der Waals surface area contributed by atoms with Crippen molar-refractivity contribution in [3.05, 3.63) is 72.4 Å². The molecule has 0 unspecified atom stereocenters. The van der Waals surface area contributed by atoms with Crippen LogP contribution in [0.25, 0.3) is 11.4 Å². The largest absolute Gasteiger partial charge is 0.472 e. The average Bonchev–Trinajstić information content (AvgIpc) is 3.23. The minimum atomic E-state index is 0.0239. The fraction of sp³-hybridized carbons (Fsp3) is 0.250. The number of likely N-dealkylation sites (tertiary alicyclic amines) is 1. The van der Waals surface area contributed by atoms with E-state index in [2.05, 4.69) is 4.98 Å². The topological polar surface area (TPSA) is 59.2 Å². The van der Waals surface area contributed by atoms with Crippen LogP contribution in [0, 0.1) is 0 Å². The highest BCUT2D eigenvalue weighted by Crippen LogP contribution is 2.27. The molecule has 0 N–H and O–H groups in total. The van der Waals surface area contributed by atoms with Crippen molar-refractivity contribution >= 4 is 5.91 Å². The first-order valence-electron chi connectivity index (χ1n) is 8.51. The molecule has 126 valence electrons. The molecule has 25 heavy (non-hydrogen) atoms. The van der Waals surface area contributed by atoms with Crippen LogP contribution >= 0.6 is 0 Å². The van der Waals surface area contributed by atoms with Crippen molar-refractivity contribution in [2.45, 2.75) is 18.8 Å². The number of piperidine rings is 1. The van der Waals surface area contributed by atoms with Crippen LogP contribution in [0.3, 0.4) is 0 Å². The van der Waals surface area contributed by atoms with Crippen LogP contribution in [0.4, 0.5) is 0 Å². The number of benzene rings is 1. The van der Waals surface area contributed by atoms with E-state index < -0.39 is 0 Å². The fourth-order valence-electron chi connectivity index (χ4n) is 3.30. The van der Waals surface area contributed by atoms with Gasteiger partial charge in [0.25, 0.3) is 5.91 Å². The van der Waals surface area contributed by atoms with Crippen LogP contribution in [0.2, 0.25) is 0 Å². The molecule has 3 heterocycles. The Balaban J connectivity index is 1.55. The van der Waals surface area contributed by atoms with Gasteiger partial charge in [-0.3, -0.25) is 4.79 Å². The Morgan fingerprint density at radius 3 is 2.84 bits per heavy atom. The Kier molecular flexibility index (Phi) is 4.29. The molecule has 0 saturated carbocycles. The van der Waals surface area contributed by atoms with Crippen LogP contribution in [-0.4, -0.2) is 33.9 Å². The van der Waals surface area contributed by atoms with Gasteiger partial charge in [0.15, 0.2) is 5.82 Å². The molecular formula is C20H19N3O2. The Labute approximate surface area is 146 Å². The van der Waals surface area contributed by atoms with Crippen molar-refractivity contribution < 1.29 is 9.21 Å². The van der Waals surface area contributed by atoms with Crippen LogP contribution in [0.15, 0.2) is 65.6 Å². The lowest BCUT2D eigenvalue weighted by molar-refractivity contribution is 0.0705. The van der Waals surface area contributed by atoms with E-state index in [1.807, 2.05) is 47.5 Å². The van der Waals surface area contributed by atoms with Crippen molar-refractivity contribution in [3.63, 3.8) is 0 Å². The zero-order valence-corrected chi connectivity index (χ0v) is 13.8. The molecule has 0 bridgehead atoms. The number of aromatic nitrogens is 2. The van der Waals surface area contributed by atoms with Gasteiger partial charge in [-0.05, 0) is 25.0 Å². The monoisotopic (exact) mass is 333 g/mol. The second kappa shape index (κ2) is 6.89. The maximum Gasteiger partial charge on any atom is 0.257 e. The van der Waals surface area contributed by atoms with Gasteiger partial charge < -0.3 is 9.32 Å². The molecule has 0 spiro atoms. The number of furan rings is 1. The molecule has 1 aromatic carbocycles. The molecule has 0 aliphatic carbocycles. The van der Waals surface area contributed by atoms with E-state index >= 15 is 0 Å². The fourth-order valence-corrected chi connectivity index (χ4v) is 3.30. The lowest BCUT2D eigenvalue weighted by atomic mass is 9.94. The molecule has 1 aliphatic heterocycles. The Hall–Kier alpha value is -2.95. The predicted molar refractivity (Wildman–Crippen MR) is 94.1 cm³/mol. The summed E-state index contributed by atoms with van der Waals surface area (Å²) in [7, 11) is 0. The lowest BCUT2D eigenvalue weighted by Gasteiger charge is -2.32. The van der Waals surface area contributed by atoms with Gasteiger partial charge >= 0.3 is 0 Å². The summed E-state index contributed by atoms with van der Waals surface area (Å²) < 4.78 is 5.03. The molecule has 2 aromatic heterocycles. The lowest BCUT2D eigenvalue weighted by Crippen LogP contribution is -2.39. The third-order valence-electron chi connectivity index (χ3n) is 4.60. The number of carbonyl (C=O) groups is 1. The first kappa shape index (κ1) is 15.6. The van der Waals surface area contributed by atoms with E-state index in [9.17, 15) is 4.79 Å². The van der Waals surface area contributed by atoms with Crippen molar-refractivity contribution in [2.75, 3.05) is 13.1 Å². The molecule has 1 atom stereocenters. The number of rotatable bonds is 3.